The predicted octanol–water partition coefficient (Wildman–Crippen LogP) is 3.80. The summed E-state index contributed by atoms with van der Waals surface area (Å²) in [6, 6.07) is 14.4. The van der Waals surface area contributed by atoms with Gasteiger partial charge in [-0.15, -0.1) is 11.3 Å². The Balaban J connectivity index is 1.52. The molecule has 0 atom stereocenters. The van der Waals surface area contributed by atoms with E-state index in [1.54, 1.807) is 11.3 Å². The number of thiazole rings is 1. The van der Waals surface area contributed by atoms with Crippen LogP contribution in [0.2, 0.25) is 0 Å². The van der Waals surface area contributed by atoms with Crippen LogP contribution in [0.25, 0.3) is 10.8 Å². The minimum atomic E-state index is 0.0179. The Morgan fingerprint density at radius 1 is 1.10 bits per heavy atom. The lowest BCUT2D eigenvalue weighted by molar-refractivity contribution is 0.277. The topological polar surface area (TPSA) is 42.4 Å². The van der Waals surface area contributed by atoms with Gasteiger partial charge in [0, 0.05) is 11.8 Å². The average molecular weight is 299 g/mol. The lowest BCUT2D eigenvalue weighted by Crippen LogP contribution is -1.99. The third kappa shape index (κ3) is 3.60. The molecule has 0 fully saturated rings. The molecule has 3 nitrogen and oxygen atoms in total. The van der Waals surface area contributed by atoms with Gasteiger partial charge in [-0.3, -0.25) is 0 Å². The Kier molecular flexibility index (Phi) is 4.48. The monoisotopic (exact) mass is 299 g/mol. The van der Waals surface area contributed by atoms with Crippen LogP contribution < -0.4 is 4.74 Å². The van der Waals surface area contributed by atoms with Gasteiger partial charge in [0.05, 0.1) is 23.9 Å². The van der Waals surface area contributed by atoms with E-state index in [0.717, 1.165) is 29.3 Å². The van der Waals surface area contributed by atoms with Gasteiger partial charge in [0.2, 0.25) is 0 Å². The molecule has 0 saturated heterocycles. The fourth-order valence-electron chi connectivity index (χ4n) is 2.21. The number of hydrogen-bond donors (Lipinski definition) is 1. The molecule has 0 radical (unpaired) electrons. The van der Waals surface area contributed by atoms with Crippen LogP contribution in [-0.2, 0) is 13.0 Å². The summed E-state index contributed by atoms with van der Waals surface area (Å²) < 4.78 is 5.80. The number of ether oxygens (including phenoxy) is 1. The van der Waals surface area contributed by atoms with Crippen molar-refractivity contribution in [3.63, 3.8) is 0 Å². The molecule has 0 bridgehead atoms. The van der Waals surface area contributed by atoms with Crippen LogP contribution in [0.5, 0.6) is 5.75 Å². The van der Waals surface area contributed by atoms with Crippen molar-refractivity contribution in [3.8, 4) is 5.75 Å². The van der Waals surface area contributed by atoms with Crippen LogP contribution >= 0.6 is 11.3 Å². The van der Waals surface area contributed by atoms with E-state index in [2.05, 4.69) is 29.2 Å². The summed E-state index contributed by atoms with van der Waals surface area (Å²) >= 11 is 1.60. The van der Waals surface area contributed by atoms with E-state index in [-0.39, 0.29) is 6.61 Å². The van der Waals surface area contributed by atoms with E-state index in [1.807, 2.05) is 23.6 Å². The van der Waals surface area contributed by atoms with E-state index in [9.17, 15) is 0 Å². The summed E-state index contributed by atoms with van der Waals surface area (Å²) in [7, 11) is 0. The summed E-state index contributed by atoms with van der Waals surface area (Å²) in [5, 5.41) is 14.4. The Bertz CT molecular complexity index is 723. The fraction of sp³-hybridized carbons (Fsp3) is 0.235. The summed E-state index contributed by atoms with van der Waals surface area (Å²) in [6.07, 6.45) is 1.81. The molecule has 108 valence electrons. The third-order valence-corrected chi connectivity index (χ3v) is 4.24. The number of benzene rings is 2. The number of hydrogen-bond acceptors (Lipinski definition) is 4. The second-order valence-electron chi connectivity index (χ2n) is 4.85. The van der Waals surface area contributed by atoms with Crippen molar-refractivity contribution in [1.29, 1.82) is 0 Å². The predicted molar refractivity (Wildman–Crippen MR) is 85.8 cm³/mol. The first-order valence-electron chi connectivity index (χ1n) is 7.01. The van der Waals surface area contributed by atoms with Crippen molar-refractivity contribution in [2.24, 2.45) is 0 Å². The standard InChI is InChI=1S/C17H17NO2S/c19-11-15-12-21-17(18-15)6-3-9-20-16-8-7-13-4-1-2-5-14(13)10-16/h1-2,4-5,7-8,10,12,19H,3,6,9,11H2. The number of aryl methyl sites for hydroxylation is 1. The molecule has 0 unspecified atom stereocenters. The van der Waals surface area contributed by atoms with Crippen LogP contribution in [0.4, 0.5) is 0 Å². The molecule has 1 N–H and O–H groups in total. The zero-order chi connectivity index (χ0) is 14.5. The SMILES string of the molecule is OCc1csc(CCCOc2ccc3ccccc3c2)n1. The summed E-state index contributed by atoms with van der Waals surface area (Å²) in [6.45, 7) is 0.691. The zero-order valence-corrected chi connectivity index (χ0v) is 12.5. The molecule has 21 heavy (non-hydrogen) atoms. The van der Waals surface area contributed by atoms with Crippen LogP contribution in [0.15, 0.2) is 47.8 Å². The third-order valence-electron chi connectivity index (χ3n) is 3.29. The number of aliphatic hydroxyl groups excluding tert-OH is 1. The largest absolute Gasteiger partial charge is 0.494 e. The van der Waals surface area contributed by atoms with Gasteiger partial charge in [0.25, 0.3) is 0 Å². The van der Waals surface area contributed by atoms with Gasteiger partial charge in [0.15, 0.2) is 0 Å². The van der Waals surface area contributed by atoms with Gasteiger partial charge in [-0.25, -0.2) is 4.98 Å². The number of rotatable bonds is 6. The molecule has 0 spiro atoms. The summed E-state index contributed by atoms with van der Waals surface area (Å²) in [4.78, 5) is 4.33. The maximum absolute atomic E-state index is 8.98. The lowest BCUT2D eigenvalue weighted by Gasteiger charge is -2.06. The van der Waals surface area contributed by atoms with Crippen molar-refractivity contribution in [2.45, 2.75) is 19.4 Å². The van der Waals surface area contributed by atoms with Gasteiger partial charge in [-0.05, 0) is 29.3 Å². The highest BCUT2D eigenvalue weighted by Crippen LogP contribution is 2.21. The second kappa shape index (κ2) is 6.70. The molecular weight excluding hydrogens is 282 g/mol. The van der Waals surface area contributed by atoms with Crippen LogP contribution in [0.3, 0.4) is 0 Å². The fourth-order valence-corrected chi connectivity index (χ4v) is 3.04. The molecule has 0 aliphatic carbocycles. The normalized spacial score (nSPS) is 10.9. The van der Waals surface area contributed by atoms with Crippen molar-refractivity contribution in [1.82, 2.24) is 4.98 Å². The zero-order valence-electron chi connectivity index (χ0n) is 11.7. The van der Waals surface area contributed by atoms with Gasteiger partial charge < -0.3 is 9.84 Å². The van der Waals surface area contributed by atoms with E-state index >= 15 is 0 Å². The smallest absolute Gasteiger partial charge is 0.119 e. The number of nitrogens with zero attached hydrogens (tertiary/aromatic N) is 1. The van der Waals surface area contributed by atoms with Crippen LogP contribution in [0, 0.1) is 0 Å². The molecular formula is C17H17NO2S. The molecule has 3 rings (SSSR count). The number of aromatic nitrogens is 1. The van der Waals surface area contributed by atoms with Crippen molar-refractivity contribution in [3.05, 3.63) is 58.5 Å². The van der Waals surface area contributed by atoms with E-state index in [1.165, 1.54) is 10.8 Å². The molecule has 2 aromatic carbocycles. The van der Waals surface area contributed by atoms with E-state index in [4.69, 9.17) is 9.84 Å². The number of aliphatic hydroxyl groups is 1. The molecule has 3 aromatic rings. The quantitative estimate of drug-likeness (QED) is 0.704. The minimum absolute atomic E-state index is 0.0179. The van der Waals surface area contributed by atoms with E-state index in [0.29, 0.717) is 6.61 Å². The Hall–Kier alpha value is -1.91. The lowest BCUT2D eigenvalue weighted by atomic mass is 10.1. The highest BCUT2D eigenvalue weighted by atomic mass is 32.1. The summed E-state index contributed by atoms with van der Waals surface area (Å²) in [5.74, 6) is 0.906. The number of fused-ring (bicyclic) bond motifs is 1. The van der Waals surface area contributed by atoms with Gasteiger partial charge in [-0.2, -0.15) is 0 Å². The molecule has 4 heteroatoms. The average Bonchev–Trinajstić information content (AvgIpc) is 2.99. The molecule has 1 heterocycles. The first kappa shape index (κ1) is 14.0. The molecule has 0 saturated carbocycles. The van der Waals surface area contributed by atoms with Crippen molar-refractivity contribution in [2.75, 3.05) is 6.61 Å². The van der Waals surface area contributed by atoms with Crippen LogP contribution in [0.1, 0.15) is 17.1 Å². The van der Waals surface area contributed by atoms with Gasteiger partial charge in [-0.1, -0.05) is 30.3 Å². The molecule has 0 amide bonds. The van der Waals surface area contributed by atoms with E-state index < -0.39 is 0 Å². The summed E-state index contributed by atoms with van der Waals surface area (Å²) in [5.41, 5.74) is 0.755. The molecule has 1 aromatic heterocycles. The minimum Gasteiger partial charge on any atom is -0.494 e. The maximum atomic E-state index is 8.98. The Labute approximate surface area is 127 Å². The van der Waals surface area contributed by atoms with Crippen LogP contribution in [-0.4, -0.2) is 16.7 Å². The van der Waals surface area contributed by atoms with Gasteiger partial charge in [0.1, 0.15) is 5.75 Å². The first-order chi connectivity index (χ1) is 10.3. The molecule has 0 aliphatic heterocycles. The van der Waals surface area contributed by atoms with Crippen molar-refractivity contribution >= 4 is 22.1 Å². The van der Waals surface area contributed by atoms with Gasteiger partial charge >= 0.3 is 0 Å². The molecule has 0 aliphatic rings. The first-order valence-corrected chi connectivity index (χ1v) is 7.89. The second-order valence-corrected chi connectivity index (χ2v) is 5.79. The maximum Gasteiger partial charge on any atom is 0.119 e. The highest BCUT2D eigenvalue weighted by molar-refractivity contribution is 7.09. The highest BCUT2D eigenvalue weighted by Gasteiger charge is 2.02. The Morgan fingerprint density at radius 3 is 2.76 bits per heavy atom. The Morgan fingerprint density at radius 2 is 1.95 bits per heavy atom. The van der Waals surface area contributed by atoms with Crippen molar-refractivity contribution < 1.29 is 9.84 Å².